The van der Waals surface area contributed by atoms with Gasteiger partial charge in [-0.1, -0.05) is 44.0 Å². The van der Waals surface area contributed by atoms with Gasteiger partial charge < -0.3 is 20.1 Å². The Balaban J connectivity index is 2.38. The third-order valence-electron chi connectivity index (χ3n) is 5.11. The summed E-state index contributed by atoms with van der Waals surface area (Å²) in [5, 5.41) is 31.1. The van der Waals surface area contributed by atoms with Crippen LogP contribution in [0, 0.1) is 17.3 Å². The molecule has 0 spiro atoms. The van der Waals surface area contributed by atoms with Crippen molar-refractivity contribution in [1.29, 1.82) is 0 Å². The number of aliphatic hydroxyl groups excluding tert-OH is 3. The number of aliphatic hydroxyl groups is 3. The molecule has 3 N–H and O–H groups in total. The SMILES string of the molecule is C=C/C=C(\C=C)C1=COCC(CC=C)(C2CC2/C(O)=C(/O)C=C)C1O. The average molecular weight is 342 g/mol. The number of hydrogen-bond acceptors (Lipinski definition) is 4. The Hall–Kier alpha value is -2.46. The summed E-state index contributed by atoms with van der Waals surface area (Å²) in [6.07, 6.45) is 9.93. The lowest BCUT2D eigenvalue weighted by molar-refractivity contribution is -0.0387. The summed E-state index contributed by atoms with van der Waals surface area (Å²) in [7, 11) is 0. The van der Waals surface area contributed by atoms with Gasteiger partial charge in [0.1, 0.15) is 5.76 Å². The molecule has 0 saturated heterocycles. The molecular weight excluding hydrogens is 316 g/mol. The zero-order chi connectivity index (χ0) is 18.6. The first kappa shape index (κ1) is 18.9. The summed E-state index contributed by atoms with van der Waals surface area (Å²) in [6.45, 7) is 15.1. The Kier molecular flexibility index (Phi) is 5.75. The molecule has 0 aromatic heterocycles. The van der Waals surface area contributed by atoms with E-state index >= 15 is 0 Å². The molecular formula is C21H26O4. The van der Waals surface area contributed by atoms with Crippen LogP contribution < -0.4 is 0 Å². The molecule has 4 nitrogen and oxygen atoms in total. The molecule has 4 atom stereocenters. The summed E-state index contributed by atoms with van der Waals surface area (Å²) < 4.78 is 5.69. The Morgan fingerprint density at radius 1 is 1.24 bits per heavy atom. The summed E-state index contributed by atoms with van der Waals surface area (Å²) >= 11 is 0. The lowest BCUT2D eigenvalue weighted by Gasteiger charge is -2.42. The number of rotatable bonds is 8. The van der Waals surface area contributed by atoms with Crippen molar-refractivity contribution >= 4 is 0 Å². The van der Waals surface area contributed by atoms with Gasteiger partial charge in [-0.3, -0.25) is 0 Å². The van der Waals surface area contributed by atoms with Crippen LogP contribution in [0.4, 0.5) is 0 Å². The summed E-state index contributed by atoms with van der Waals surface area (Å²) in [5.41, 5.74) is 0.737. The standard InChI is InChI=1S/C21H26O4/c1-5-9-14(7-3)16-12-25-13-21(10-6-2,20(16)24)17-11-15(17)19(23)18(22)8-4/h5-9,12,15,17,20,22-24H,1-4,10-11,13H2/b14-9+,19-18-. The van der Waals surface area contributed by atoms with Gasteiger partial charge in [0.05, 0.1) is 19.0 Å². The summed E-state index contributed by atoms with van der Waals surface area (Å²) in [5.74, 6) is -0.578. The van der Waals surface area contributed by atoms with E-state index in [0.29, 0.717) is 25.0 Å². The molecule has 0 bridgehead atoms. The van der Waals surface area contributed by atoms with Crippen LogP contribution in [0.3, 0.4) is 0 Å². The highest BCUT2D eigenvalue weighted by Gasteiger charge is 2.59. The van der Waals surface area contributed by atoms with E-state index in [-0.39, 0.29) is 23.4 Å². The molecule has 0 aromatic rings. The van der Waals surface area contributed by atoms with Gasteiger partial charge >= 0.3 is 0 Å². The Morgan fingerprint density at radius 3 is 2.52 bits per heavy atom. The van der Waals surface area contributed by atoms with Crippen LogP contribution in [0.25, 0.3) is 0 Å². The molecule has 4 unspecified atom stereocenters. The minimum absolute atomic E-state index is 0.0407. The minimum Gasteiger partial charge on any atom is -0.508 e. The van der Waals surface area contributed by atoms with Crippen molar-refractivity contribution in [1.82, 2.24) is 0 Å². The van der Waals surface area contributed by atoms with Crippen molar-refractivity contribution in [2.24, 2.45) is 17.3 Å². The molecule has 134 valence electrons. The maximum Gasteiger partial charge on any atom is 0.152 e. The van der Waals surface area contributed by atoms with Crippen LogP contribution in [0.2, 0.25) is 0 Å². The Bertz CT molecular complexity index is 667. The minimum atomic E-state index is -0.808. The maximum atomic E-state index is 11.1. The molecule has 1 saturated carbocycles. The normalized spacial score (nSPS) is 32.6. The zero-order valence-corrected chi connectivity index (χ0v) is 14.4. The molecule has 1 aliphatic carbocycles. The van der Waals surface area contributed by atoms with Crippen molar-refractivity contribution in [2.75, 3.05) is 6.61 Å². The van der Waals surface area contributed by atoms with Gasteiger partial charge in [0.25, 0.3) is 0 Å². The first-order valence-electron chi connectivity index (χ1n) is 8.27. The number of hydrogen-bond donors (Lipinski definition) is 3. The number of ether oxygens (including phenoxy) is 1. The second kappa shape index (κ2) is 7.62. The summed E-state index contributed by atoms with van der Waals surface area (Å²) in [4.78, 5) is 0. The zero-order valence-electron chi connectivity index (χ0n) is 14.4. The first-order chi connectivity index (χ1) is 12.0. The highest BCUT2D eigenvalue weighted by molar-refractivity contribution is 5.45. The molecule has 1 heterocycles. The fraction of sp³-hybridized carbons (Fsp3) is 0.333. The van der Waals surface area contributed by atoms with E-state index in [1.807, 2.05) is 0 Å². The maximum absolute atomic E-state index is 11.1. The monoisotopic (exact) mass is 342 g/mol. The predicted molar refractivity (Wildman–Crippen MR) is 99.8 cm³/mol. The third kappa shape index (κ3) is 3.35. The largest absolute Gasteiger partial charge is 0.508 e. The fourth-order valence-electron chi connectivity index (χ4n) is 3.70. The van der Waals surface area contributed by atoms with E-state index in [4.69, 9.17) is 4.74 Å². The lowest BCUT2D eigenvalue weighted by Crippen LogP contribution is -2.45. The van der Waals surface area contributed by atoms with Gasteiger partial charge in [-0.2, -0.15) is 0 Å². The van der Waals surface area contributed by atoms with Crippen molar-refractivity contribution in [3.63, 3.8) is 0 Å². The first-order valence-corrected chi connectivity index (χ1v) is 8.27. The van der Waals surface area contributed by atoms with Crippen molar-refractivity contribution in [3.05, 3.63) is 85.6 Å². The van der Waals surface area contributed by atoms with Crippen LogP contribution >= 0.6 is 0 Å². The average Bonchev–Trinajstić information content (AvgIpc) is 3.42. The molecule has 25 heavy (non-hydrogen) atoms. The van der Waals surface area contributed by atoms with Gasteiger partial charge in [0, 0.05) is 16.9 Å². The Labute approximate surface area is 149 Å². The molecule has 2 aliphatic rings. The second-order valence-corrected chi connectivity index (χ2v) is 6.50. The third-order valence-corrected chi connectivity index (χ3v) is 5.11. The van der Waals surface area contributed by atoms with E-state index in [9.17, 15) is 15.3 Å². The number of allylic oxidation sites excluding steroid dienone is 6. The Morgan fingerprint density at radius 2 is 1.96 bits per heavy atom. The topological polar surface area (TPSA) is 69.9 Å². The van der Waals surface area contributed by atoms with E-state index in [1.54, 1.807) is 30.6 Å². The molecule has 1 fully saturated rings. The highest BCUT2D eigenvalue weighted by atomic mass is 16.5. The molecule has 0 radical (unpaired) electrons. The molecule has 0 aromatic carbocycles. The quantitative estimate of drug-likeness (QED) is 0.350. The van der Waals surface area contributed by atoms with E-state index < -0.39 is 11.5 Å². The van der Waals surface area contributed by atoms with Crippen molar-refractivity contribution in [3.8, 4) is 0 Å². The fourth-order valence-corrected chi connectivity index (χ4v) is 3.70. The van der Waals surface area contributed by atoms with Gasteiger partial charge in [-0.05, 0) is 30.4 Å². The smallest absolute Gasteiger partial charge is 0.152 e. The van der Waals surface area contributed by atoms with Crippen LogP contribution in [0.5, 0.6) is 0 Å². The molecule has 2 rings (SSSR count). The van der Waals surface area contributed by atoms with Gasteiger partial charge in [0.2, 0.25) is 0 Å². The van der Waals surface area contributed by atoms with E-state index in [1.165, 1.54) is 6.08 Å². The molecule has 4 heteroatoms. The van der Waals surface area contributed by atoms with Crippen LogP contribution in [-0.2, 0) is 4.74 Å². The van der Waals surface area contributed by atoms with Crippen molar-refractivity contribution in [2.45, 2.75) is 18.9 Å². The van der Waals surface area contributed by atoms with E-state index in [0.717, 1.165) is 5.57 Å². The van der Waals surface area contributed by atoms with Crippen LogP contribution in [0.15, 0.2) is 85.6 Å². The van der Waals surface area contributed by atoms with Crippen molar-refractivity contribution < 1.29 is 20.1 Å². The molecule has 1 aliphatic heterocycles. The van der Waals surface area contributed by atoms with Crippen LogP contribution in [-0.4, -0.2) is 28.0 Å². The summed E-state index contributed by atoms with van der Waals surface area (Å²) in [6, 6.07) is 0. The lowest BCUT2D eigenvalue weighted by atomic mass is 9.69. The van der Waals surface area contributed by atoms with Gasteiger partial charge in [-0.25, -0.2) is 0 Å². The molecule has 0 amide bonds. The van der Waals surface area contributed by atoms with E-state index in [2.05, 4.69) is 26.3 Å². The second-order valence-electron chi connectivity index (χ2n) is 6.50. The van der Waals surface area contributed by atoms with Crippen LogP contribution in [0.1, 0.15) is 12.8 Å². The predicted octanol–water partition coefficient (Wildman–Crippen LogP) is 4.27. The highest BCUT2D eigenvalue weighted by Crippen LogP contribution is 2.59. The van der Waals surface area contributed by atoms with Gasteiger partial charge in [-0.15, -0.1) is 6.58 Å². The van der Waals surface area contributed by atoms with Gasteiger partial charge in [0.15, 0.2) is 5.76 Å².